The lowest BCUT2D eigenvalue weighted by Crippen LogP contribution is -2.42. The maximum atomic E-state index is 13.3. The summed E-state index contributed by atoms with van der Waals surface area (Å²) in [6.07, 6.45) is 2.67. The molecular weight excluding hydrogens is 367 g/mol. The van der Waals surface area contributed by atoms with Gasteiger partial charge in [-0.05, 0) is 60.9 Å². The lowest BCUT2D eigenvalue weighted by molar-refractivity contribution is 0.0701. The van der Waals surface area contributed by atoms with Crippen molar-refractivity contribution in [3.63, 3.8) is 0 Å². The van der Waals surface area contributed by atoms with Crippen molar-refractivity contribution in [1.29, 1.82) is 0 Å². The molecule has 4 nitrogen and oxygen atoms in total. The number of benzene rings is 2. The molecule has 0 radical (unpaired) electrons. The first-order valence-corrected chi connectivity index (χ1v) is 10.2. The second kappa shape index (κ2) is 8.26. The van der Waals surface area contributed by atoms with Crippen molar-refractivity contribution in [3.8, 4) is 11.8 Å². The van der Waals surface area contributed by atoms with Crippen LogP contribution in [0.5, 0.6) is 0 Å². The van der Waals surface area contributed by atoms with E-state index >= 15 is 0 Å². The highest BCUT2D eigenvalue weighted by molar-refractivity contribution is 5.95. The minimum Gasteiger partial charge on any atom is -0.394 e. The topological polar surface area (TPSA) is 52.6 Å². The summed E-state index contributed by atoms with van der Waals surface area (Å²) < 4.78 is 13.3. The number of unbranched alkanes of at least 4 members (excludes halogenated alkanes) is 1. The van der Waals surface area contributed by atoms with Crippen LogP contribution in [0.2, 0.25) is 0 Å². The van der Waals surface area contributed by atoms with Gasteiger partial charge in [-0.2, -0.15) is 0 Å². The Labute approximate surface area is 170 Å². The number of rotatable bonds is 3. The number of hydrogen-bond acceptors (Lipinski definition) is 3. The molecule has 2 heterocycles. The minimum absolute atomic E-state index is 0.0112. The van der Waals surface area contributed by atoms with E-state index in [1.165, 1.54) is 24.3 Å². The second-order valence-corrected chi connectivity index (χ2v) is 7.69. The van der Waals surface area contributed by atoms with Gasteiger partial charge in [0.1, 0.15) is 5.82 Å². The fourth-order valence-electron chi connectivity index (χ4n) is 4.42. The SMILES string of the molecule is CCCC#Cc1ccc2c(c1)[C@H]1[C@H](CCN1C(=O)c1ccc(F)cc1)[C@@H](CO)N2. The van der Waals surface area contributed by atoms with Crippen LogP contribution in [0.4, 0.5) is 10.1 Å². The minimum atomic E-state index is -0.358. The molecule has 4 rings (SSSR count). The summed E-state index contributed by atoms with van der Waals surface area (Å²) in [6, 6.07) is 11.5. The predicted molar refractivity (Wildman–Crippen MR) is 111 cm³/mol. The van der Waals surface area contributed by atoms with Crippen LogP contribution in [-0.2, 0) is 0 Å². The fourth-order valence-corrected chi connectivity index (χ4v) is 4.42. The molecule has 0 spiro atoms. The molecule has 0 aliphatic carbocycles. The third kappa shape index (κ3) is 3.73. The predicted octanol–water partition coefficient (Wildman–Crippen LogP) is 3.97. The van der Waals surface area contributed by atoms with Gasteiger partial charge in [0.2, 0.25) is 0 Å². The van der Waals surface area contributed by atoms with Crippen molar-refractivity contribution in [1.82, 2.24) is 4.90 Å². The molecule has 2 aliphatic heterocycles. The van der Waals surface area contributed by atoms with Gasteiger partial charge in [-0.3, -0.25) is 4.79 Å². The highest BCUT2D eigenvalue weighted by Gasteiger charge is 2.45. The van der Waals surface area contributed by atoms with Crippen LogP contribution in [0, 0.1) is 23.6 Å². The Morgan fingerprint density at radius 2 is 2.07 bits per heavy atom. The summed E-state index contributed by atoms with van der Waals surface area (Å²) in [7, 11) is 0. The molecule has 0 bridgehead atoms. The molecule has 0 aromatic heterocycles. The first kappa shape index (κ1) is 19.5. The normalized spacial score (nSPS) is 22.2. The number of nitrogens with one attached hydrogen (secondary N) is 1. The molecule has 0 saturated carbocycles. The zero-order valence-electron chi connectivity index (χ0n) is 16.5. The first-order chi connectivity index (χ1) is 14.1. The van der Waals surface area contributed by atoms with E-state index in [4.69, 9.17) is 0 Å². The van der Waals surface area contributed by atoms with Crippen molar-refractivity contribution >= 4 is 11.6 Å². The number of nitrogens with zero attached hydrogens (tertiary/aromatic N) is 1. The van der Waals surface area contributed by atoms with Crippen LogP contribution in [0.1, 0.15) is 53.7 Å². The fraction of sp³-hybridized carbons (Fsp3) is 0.375. The van der Waals surface area contributed by atoms with Crippen molar-refractivity contribution in [2.45, 2.75) is 38.3 Å². The summed E-state index contributed by atoms with van der Waals surface area (Å²) in [5.74, 6) is 6.04. The van der Waals surface area contributed by atoms with Crippen molar-refractivity contribution in [3.05, 3.63) is 65.0 Å². The zero-order valence-corrected chi connectivity index (χ0v) is 16.5. The maximum Gasteiger partial charge on any atom is 0.254 e. The van der Waals surface area contributed by atoms with E-state index in [0.717, 1.165) is 36.1 Å². The van der Waals surface area contributed by atoms with E-state index in [0.29, 0.717) is 12.1 Å². The molecule has 5 heteroatoms. The number of likely N-dealkylation sites (tertiary alicyclic amines) is 1. The molecule has 1 amide bonds. The lowest BCUT2D eigenvalue weighted by Gasteiger charge is -2.39. The molecule has 29 heavy (non-hydrogen) atoms. The number of hydrogen-bond donors (Lipinski definition) is 2. The third-order valence-electron chi connectivity index (χ3n) is 5.83. The van der Waals surface area contributed by atoms with Gasteiger partial charge in [0.05, 0.1) is 18.7 Å². The van der Waals surface area contributed by atoms with Gasteiger partial charge >= 0.3 is 0 Å². The first-order valence-electron chi connectivity index (χ1n) is 10.2. The number of halogens is 1. The van der Waals surface area contributed by atoms with Crippen LogP contribution in [0.3, 0.4) is 0 Å². The van der Waals surface area contributed by atoms with Gasteiger partial charge < -0.3 is 15.3 Å². The summed E-state index contributed by atoms with van der Waals surface area (Å²) in [5, 5.41) is 13.3. The molecule has 1 fully saturated rings. The molecule has 2 aromatic carbocycles. The smallest absolute Gasteiger partial charge is 0.254 e. The summed E-state index contributed by atoms with van der Waals surface area (Å²) in [4.78, 5) is 15.1. The van der Waals surface area contributed by atoms with Crippen molar-refractivity contribution in [2.24, 2.45) is 5.92 Å². The van der Waals surface area contributed by atoms with Crippen molar-refractivity contribution < 1.29 is 14.3 Å². The highest BCUT2D eigenvalue weighted by Crippen LogP contribution is 2.47. The van der Waals surface area contributed by atoms with E-state index in [-0.39, 0.29) is 36.3 Å². The number of aliphatic hydroxyl groups is 1. The number of amides is 1. The van der Waals surface area contributed by atoms with Gasteiger partial charge in [-0.25, -0.2) is 4.39 Å². The Morgan fingerprint density at radius 3 is 2.79 bits per heavy atom. The molecule has 2 N–H and O–H groups in total. The van der Waals surface area contributed by atoms with Crippen LogP contribution in [0.15, 0.2) is 42.5 Å². The van der Waals surface area contributed by atoms with Crippen LogP contribution in [0.25, 0.3) is 0 Å². The quantitative estimate of drug-likeness (QED) is 0.778. The Hall–Kier alpha value is -2.84. The Bertz CT molecular complexity index is 961. The molecule has 3 atom stereocenters. The summed E-state index contributed by atoms with van der Waals surface area (Å²) in [6.45, 7) is 2.72. The van der Waals surface area contributed by atoms with E-state index in [1.54, 1.807) is 0 Å². The second-order valence-electron chi connectivity index (χ2n) is 7.69. The number of aliphatic hydroxyl groups excluding tert-OH is 1. The third-order valence-corrected chi connectivity index (χ3v) is 5.83. The van der Waals surface area contributed by atoms with Gasteiger partial charge in [0.25, 0.3) is 5.91 Å². The van der Waals surface area contributed by atoms with Gasteiger partial charge in [0.15, 0.2) is 0 Å². The van der Waals surface area contributed by atoms with Crippen LogP contribution in [-0.4, -0.2) is 35.1 Å². The Kier molecular flexibility index (Phi) is 5.55. The Morgan fingerprint density at radius 1 is 1.28 bits per heavy atom. The number of carbonyl (C=O) groups is 1. The maximum absolute atomic E-state index is 13.3. The monoisotopic (exact) mass is 392 g/mol. The molecule has 2 aromatic rings. The van der Waals surface area contributed by atoms with E-state index in [2.05, 4.69) is 30.1 Å². The van der Waals surface area contributed by atoms with Crippen LogP contribution >= 0.6 is 0 Å². The molecule has 150 valence electrons. The number of carbonyl (C=O) groups excluding carboxylic acids is 1. The molecule has 2 aliphatic rings. The summed E-state index contributed by atoms with van der Waals surface area (Å²) >= 11 is 0. The number of anilines is 1. The largest absolute Gasteiger partial charge is 0.394 e. The summed E-state index contributed by atoms with van der Waals surface area (Å²) in [5.41, 5.74) is 3.38. The zero-order chi connectivity index (χ0) is 20.4. The van der Waals surface area contributed by atoms with Crippen LogP contribution < -0.4 is 5.32 Å². The molecule has 1 saturated heterocycles. The van der Waals surface area contributed by atoms with Gasteiger partial charge in [-0.1, -0.05) is 18.8 Å². The Balaban J connectivity index is 1.71. The highest BCUT2D eigenvalue weighted by atomic mass is 19.1. The van der Waals surface area contributed by atoms with Crippen molar-refractivity contribution in [2.75, 3.05) is 18.5 Å². The average Bonchev–Trinajstić information content (AvgIpc) is 3.19. The number of fused-ring (bicyclic) bond motifs is 3. The van der Waals surface area contributed by atoms with Gasteiger partial charge in [0, 0.05) is 35.7 Å². The standard InChI is InChI=1S/C24H25FN2O2/c1-2-3-4-5-16-6-11-21-20(14-16)23-19(22(15-28)26-21)12-13-27(23)24(29)17-7-9-18(25)10-8-17/h6-11,14,19,22-23,26,28H,2-3,12-13,15H2,1H3/t19-,22-,23-/m1/s1. The van der Waals surface area contributed by atoms with Gasteiger partial charge in [-0.15, -0.1) is 0 Å². The van der Waals surface area contributed by atoms with E-state index in [9.17, 15) is 14.3 Å². The average molecular weight is 392 g/mol. The van der Waals surface area contributed by atoms with E-state index < -0.39 is 0 Å². The molecular formula is C24H25FN2O2. The van der Waals surface area contributed by atoms with E-state index in [1.807, 2.05) is 17.0 Å². The lowest BCUT2D eigenvalue weighted by atomic mass is 9.82. The molecule has 0 unspecified atom stereocenters.